The monoisotopic (exact) mass is 507 g/mol. The van der Waals surface area contributed by atoms with Gasteiger partial charge in [0.1, 0.15) is 11.6 Å². The molecule has 2 aliphatic heterocycles. The van der Waals surface area contributed by atoms with Gasteiger partial charge in [0, 0.05) is 49.6 Å². The summed E-state index contributed by atoms with van der Waals surface area (Å²) in [6.45, 7) is 6.26. The van der Waals surface area contributed by atoms with Crippen molar-refractivity contribution in [2.24, 2.45) is 0 Å². The lowest BCUT2D eigenvalue weighted by molar-refractivity contribution is -0.138. The van der Waals surface area contributed by atoms with Crippen molar-refractivity contribution in [1.82, 2.24) is 19.9 Å². The summed E-state index contributed by atoms with van der Waals surface area (Å²) in [5, 5.41) is 23.3. The molecule has 0 spiro atoms. The van der Waals surface area contributed by atoms with Gasteiger partial charge in [-0.2, -0.15) is 4.98 Å². The molecule has 3 aliphatic rings. The van der Waals surface area contributed by atoms with Gasteiger partial charge >= 0.3 is 5.97 Å². The molecule has 2 aromatic heterocycles. The van der Waals surface area contributed by atoms with Crippen LogP contribution in [0.25, 0.3) is 5.57 Å². The molecule has 1 unspecified atom stereocenters. The van der Waals surface area contributed by atoms with Crippen LogP contribution in [0, 0.1) is 0 Å². The molecule has 3 N–H and O–H groups in total. The molecular weight excluding hydrogens is 474 g/mol. The second-order valence-corrected chi connectivity index (χ2v) is 9.93. The molecule has 11 heteroatoms. The van der Waals surface area contributed by atoms with Crippen LogP contribution in [-0.4, -0.2) is 86.8 Å². The van der Waals surface area contributed by atoms with E-state index in [1.165, 1.54) is 6.92 Å². The van der Waals surface area contributed by atoms with E-state index in [1.807, 2.05) is 28.9 Å². The third-order valence-electron chi connectivity index (χ3n) is 7.52. The molecule has 2 aromatic rings. The molecule has 5 rings (SSSR count). The summed E-state index contributed by atoms with van der Waals surface area (Å²) < 4.78 is 0. The first-order chi connectivity index (χ1) is 17.8. The topological polar surface area (TPSA) is 135 Å². The molecule has 1 aliphatic carbocycles. The Labute approximate surface area is 215 Å². The van der Waals surface area contributed by atoms with E-state index in [0.29, 0.717) is 41.8 Å². The number of carbonyl (C=O) groups is 2. The van der Waals surface area contributed by atoms with Gasteiger partial charge in [-0.25, -0.2) is 9.97 Å². The maximum absolute atomic E-state index is 12.4. The average Bonchev–Trinajstić information content (AvgIpc) is 3.39. The summed E-state index contributed by atoms with van der Waals surface area (Å²) >= 11 is 0. The van der Waals surface area contributed by atoms with Crippen molar-refractivity contribution in [3.05, 3.63) is 35.7 Å². The van der Waals surface area contributed by atoms with Crippen LogP contribution in [0.5, 0.6) is 0 Å². The van der Waals surface area contributed by atoms with Crippen LogP contribution in [0.2, 0.25) is 0 Å². The number of hydrogen-bond acceptors (Lipinski definition) is 10. The lowest BCUT2D eigenvalue weighted by Gasteiger charge is -2.40. The molecule has 196 valence electrons. The molecule has 4 heterocycles. The zero-order valence-corrected chi connectivity index (χ0v) is 21.2. The summed E-state index contributed by atoms with van der Waals surface area (Å²) in [6.07, 6.45) is 6.53. The number of nitrogens with one attached hydrogen (secondary N) is 1. The number of fused-ring (bicyclic) bond motifs is 1. The predicted molar refractivity (Wildman–Crippen MR) is 140 cm³/mol. The van der Waals surface area contributed by atoms with Crippen LogP contribution < -0.4 is 15.1 Å². The summed E-state index contributed by atoms with van der Waals surface area (Å²) in [7, 11) is 0. The number of hydrogen-bond donors (Lipinski definition) is 3. The predicted octanol–water partition coefficient (Wildman–Crippen LogP) is 2.27. The van der Waals surface area contributed by atoms with Gasteiger partial charge in [0.25, 0.3) is 0 Å². The first-order valence-corrected chi connectivity index (χ1v) is 12.8. The van der Waals surface area contributed by atoms with Crippen molar-refractivity contribution >= 4 is 40.6 Å². The lowest BCUT2D eigenvalue weighted by Crippen LogP contribution is -2.48. The number of anilines is 4. The molecule has 11 nitrogen and oxygen atoms in total. The Kier molecular flexibility index (Phi) is 7.07. The van der Waals surface area contributed by atoms with Crippen LogP contribution in [0.3, 0.4) is 0 Å². The molecular formula is C26H33N7O4. The standard InChI is InChI=1S/C26H33N7O4/c1-16-20-14-28-26(30-24(20)33(18-5-3-4-6-18)25(37)23(16)17(2)34)29-21-8-7-19(13-27-21)32-11-9-31(10-12-32)15-22(35)36/h7-8,13-14,18,25,37H,3-6,9-12,15H2,1-2H3,(H,35,36)(H,27,28,29,30). The second kappa shape index (κ2) is 10.4. The number of piperazine rings is 1. The number of aliphatic hydroxyl groups is 1. The third kappa shape index (κ3) is 5.14. The lowest BCUT2D eigenvalue weighted by atomic mass is 9.93. The first-order valence-electron chi connectivity index (χ1n) is 12.8. The highest BCUT2D eigenvalue weighted by atomic mass is 16.4. The highest BCUT2D eigenvalue weighted by Gasteiger charge is 2.38. The Bertz CT molecular complexity index is 1200. The van der Waals surface area contributed by atoms with Gasteiger partial charge in [-0.05, 0) is 44.4 Å². The number of rotatable bonds is 7. The largest absolute Gasteiger partial charge is 0.480 e. The fraction of sp³-hybridized carbons (Fsp3) is 0.500. The number of nitrogens with zero attached hydrogens (tertiary/aromatic N) is 6. The fourth-order valence-corrected chi connectivity index (χ4v) is 5.61. The highest BCUT2D eigenvalue weighted by molar-refractivity contribution is 6.04. The molecule has 1 saturated carbocycles. The molecule has 1 saturated heterocycles. The van der Waals surface area contributed by atoms with E-state index in [-0.39, 0.29) is 18.4 Å². The smallest absolute Gasteiger partial charge is 0.317 e. The number of carboxylic acid groups (broad SMARTS) is 1. The number of aliphatic carboxylic acids is 1. The van der Waals surface area contributed by atoms with E-state index in [0.717, 1.165) is 50.0 Å². The number of aliphatic hydroxyl groups excluding tert-OH is 1. The van der Waals surface area contributed by atoms with E-state index in [2.05, 4.69) is 20.2 Å². The van der Waals surface area contributed by atoms with Crippen molar-refractivity contribution in [2.45, 2.75) is 51.8 Å². The molecule has 0 amide bonds. The number of ketones is 1. The van der Waals surface area contributed by atoms with Gasteiger partial charge in [-0.1, -0.05) is 12.8 Å². The third-order valence-corrected chi connectivity index (χ3v) is 7.52. The van der Waals surface area contributed by atoms with Crippen molar-refractivity contribution in [3.63, 3.8) is 0 Å². The Morgan fingerprint density at radius 2 is 1.81 bits per heavy atom. The number of carbonyl (C=O) groups excluding carboxylic acids is 1. The van der Waals surface area contributed by atoms with Crippen LogP contribution >= 0.6 is 0 Å². The Balaban J connectivity index is 1.34. The maximum atomic E-state index is 12.4. The van der Waals surface area contributed by atoms with E-state index < -0.39 is 12.2 Å². The van der Waals surface area contributed by atoms with E-state index in [9.17, 15) is 14.7 Å². The second-order valence-electron chi connectivity index (χ2n) is 9.93. The zero-order chi connectivity index (χ0) is 26.1. The quantitative estimate of drug-likeness (QED) is 0.509. The minimum atomic E-state index is -1.02. The number of carboxylic acids is 1. The van der Waals surface area contributed by atoms with Crippen LogP contribution in [-0.2, 0) is 9.59 Å². The van der Waals surface area contributed by atoms with Crippen molar-refractivity contribution in [3.8, 4) is 0 Å². The van der Waals surface area contributed by atoms with Gasteiger partial charge in [-0.15, -0.1) is 0 Å². The number of Topliss-reactive ketones (excluding diaryl/α,β-unsaturated/α-hetero) is 1. The van der Waals surface area contributed by atoms with E-state index >= 15 is 0 Å². The van der Waals surface area contributed by atoms with Gasteiger partial charge in [0.05, 0.1) is 18.4 Å². The zero-order valence-electron chi connectivity index (χ0n) is 21.2. The van der Waals surface area contributed by atoms with Gasteiger partial charge in [-0.3, -0.25) is 14.5 Å². The van der Waals surface area contributed by atoms with Crippen LogP contribution in [0.1, 0.15) is 45.1 Å². The number of pyridine rings is 1. The minimum Gasteiger partial charge on any atom is -0.480 e. The average molecular weight is 508 g/mol. The molecule has 0 radical (unpaired) electrons. The normalized spacial score (nSPS) is 20.8. The molecule has 2 fully saturated rings. The summed E-state index contributed by atoms with van der Waals surface area (Å²) in [5.74, 6) is 0.647. The fourth-order valence-electron chi connectivity index (χ4n) is 5.61. The Morgan fingerprint density at radius 3 is 2.43 bits per heavy atom. The highest BCUT2D eigenvalue weighted by Crippen LogP contribution is 2.40. The van der Waals surface area contributed by atoms with Gasteiger partial charge in [0.2, 0.25) is 5.95 Å². The van der Waals surface area contributed by atoms with Gasteiger partial charge in [0.15, 0.2) is 12.0 Å². The molecule has 37 heavy (non-hydrogen) atoms. The van der Waals surface area contributed by atoms with Crippen molar-refractivity contribution in [1.29, 1.82) is 0 Å². The van der Waals surface area contributed by atoms with Crippen LogP contribution in [0.4, 0.5) is 23.3 Å². The summed E-state index contributed by atoms with van der Waals surface area (Å²) in [4.78, 5) is 43.1. The Morgan fingerprint density at radius 1 is 1.08 bits per heavy atom. The van der Waals surface area contributed by atoms with Crippen LogP contribution in [0.15, 0.2) is 30.1 Å². The maximum Gasteiger partial charge on any atom is 0.317 e. The molecule has 0 aromatic carbocycles. The first kappa shape index (κ1) is 25.1. The van der Waals surface area contributed by atoms with Crippen molar-refractivity contribution < 1.29 is 19.8 Å². The molecule has 0 bridgehead atoms. The number of allylic oxidation sites excluding steroid dienone is 1. The van der Waals surface area contributed by atoms with E-state index in [4.69, 9.17) is 10.1 Å². The van der Waals surface area contributed by atoms with E-state index in [1.54, 1.807) is 12.4 Å². The summed E-state index contributed by atoms with van der Waals surface area (Å²) in [6, 6.07) is 3.96. The van der Waals surface area contributed by atoms with Crippen molar-refractivity contribution in [2.75, 3.05) is 47.8 Å². The SMILES string of the molecule is CC(=O)C1=C(C)c2cnc(Nc3ccc(N4CCN(CC(=O)O)CC4)cn3)nc2N(C2CCCC2)C1O. The minimum absolute atomic E-state index is 0.0658. The number of aromatic nitrogens is 3. The Hall–Kier alpha value is -3.57. The summed E-state index contributed by atoms with van der Waals surface area (Å²) in [5.41, 5.74) is 2.85. The van der Waals surface area contributed by atoms with Gasteiger partial charge < -0.3 is 25.3 Å². The molecule has 1 atom stereocenters.